The average molecular weight is 409 g/mol. The fraction of sp³-hybridized carbons (Fsp3) is 0.400. The minimum absolute atomic E-state index is 0.0424. The van der Waals surface area contributed by atoms with Crippen LogP contribution in [0.3, 0.4) is 0 Å². The first-order valence-corrected chi connectivity index (χ1v) is 13.7. The summed E-state index contributed by atoms with van der Waals surface area (Å²) in [6.45, 7) is 15.9. The second kappa shape index (κ2) is 7.17. The Bertz CT molecular complexity index is 961. The number of carboxylic acids is 1. The summed E-state index contributed by atoms with van der Waals surface area (Å²) in [4.78, 5) is 11.1. The van der Waals surface area contributed by atoms with Gasteiger partial charge in [-0.2, -0.15) is 0 Å². The number of carbonyl (C=O) groups is 1. The maximum Gasteiger partial charge on any atom is 0.335 e. The van der Waals surface area contributed by atoms with Gasteiger partial charge in [0, 0.05) is 5.56 Å². The quantitative estimate of drug-likeness (QED) is 0.455. The van der Waals surface area contributed by atoms with Crippen molar-refractivity contribution in [1.82, 2.24) is 0 Å². The molecule has 0 aromatic heterocycles. The molecule has 0 aliphatic carbocycles. The zero-order valence-electron chi connectivity index (χ0n) is 18.6. The van der Waals surface area contributed by atoms with Gasteiger partial charge in [0.05, 0.1) is 13.6 Å². The zero-order chi connectivity index (χ0) is 21.6. The first-order chi connectivity index (χ1) is 13.3. The zero-order valence-corrected chi connectivity index (χ0v) is 19.6. The highest BCUT2D eigenvalue weighted by molar-refractivity contribution is 6.94. The van der Waals surface area contributed by atoms with Crippen molar-refractivity contribution >= 4 is 25.3 Å². The Morgan fingerprint density at radius 2 is 1.59 bits per heavy atom. The Kier molecular flexibility index (Phi) is 5.29. The Morgan fingerprint density at radius 1 is 1.00 bits per heavy atom. The molecule has 154 valence electrons. The maximum absolute atomic E-state index is 11.1. The van der Waals surface area contributed by atoms with Crippen molar-refractivity contribution in [3.8, 4) is 5.75 Å². The van der Waals surface area contributed by atoms with Gasteiger partial charge in [0.15, 0.2) is 0 Å². The molecule has 1 aliphatic rings. The summed E-state index contributed by atoms with van der Waals surface area (Å²) in [5.41, 5.74) is 3.72. The molecule has 29 heavy (non-hydrogen) atoms. The summed E-state index contributed by atoms with van der Waals surface area (Å²) in [7, 11) is -1.66. The molecule has 0 atom stereocenters. The average Bonchev–Trinajstić information content (AvgIpc) is 2.57. The van der Waals surface area contributed by atoms with Crippen molar-refractivity contribution in [3.63, 3.8) is 0 Å². The third kappa shape index (κ3) is 4.64. The van der Waals surface area contributed by atoms with Crippen LogP contribution in [0.25, 0.3) is 11.3 Å². The van der Waals surface area contributed by atoms with Crippen LogP contribution in [-0.4, -0.2) is 24.8 Å². The highest BCUT2D eigenvalue weighted by Gasteiger charge is 2.39. The molecule has 2 aromatic rings. The van der Waals surface area contributed by atoms with E-state index in [0.717, 1.165) is 17.7 Å². The third-order valence-corrected chi connectivity index (χ3v) is 7.60. The van der Waals surface area contributed by atoms with Gasteiger partial charge in [0.25, 0.3) is 0 Å². The smallest absolute Gasteiger partial charge is 0.335 e. The van der Waals surface area contributed by atoms with E-state index >= 15 is 0 Å². The first-order valence-electron chi connectivity index (χ1n) is 10.2. The van der Waals surface area contributed by atoms with Gasteiger partial charge in [-0.3, -0.25) is 0 Å². The predicted molar refractivity (Wildman–Crippen MR) is 123 cm³/mol. The number of carboxylic acid groups (broad SMARTS) is 1. The van der Waals surface area contributed by atoms with E-state index in [1.807, 2.05) is 12.1 Å². The van der Waals surface area contributed by atoms with E-state index < -0.39 is 14.0 Å². The minimum Gasteiger partial charge on any atom is -0.488 e. The molecular weight excluding hydrogens is 376 g/mol. The second-order valence-electron chi connectivity index (χ2n) is 10.4. The Balaban J connectivity index is 2.08. The van der Waals surface area contributed by atoms with Crippen molar-refractivity contribution < 1.29 is 14.6 Å². The van der Waals surface area contributed by atoms with Gasteiger partial charge in [0.1, 0.15) is 11.4 Å². The molecule has 1 heterocycles. The lowest BCUT2D eigenvalue weighted by molar-refractivity contribution is 0.0534. The highest BCUT2D eigenvalue weighted by Crippen LogP contribution is 2.46. The molecule has 0 fully saturated rings. The standard InChI is InChI=1S/C25H32O3Si/c1-24(2)16-25(3,4)28-21-13-12-19(15-20(21)24)22(29(5,6)7)14-17-8-10-18(11-9-17)23(26)27/h8-15H,16H2,1-7H3,(H,26,27). The SMILES string of the molecule is CC1(C)CC(C)(C)c2cc(C(=Cc3ccc(C(=O)O)cc3)[Si](C)(C)C)ccc2O1. The number of rotatable bonds is 4. The Hall–Kier alpha value is -2.33. The molecule has 3 nitrogen and oxygen atoms in total. The maximum atomic E-state index is 11.1. The van der Waals surface area contributed by atoms with Crippen LogP contribution in [0.5, 0.6) is 5.75 Å². The van der Waals surface area contributed by atoms with Crippen LogP contribution in [0.15, 0.2) is 42.5 Å². The summed E-state index contributed by atoms with van der Waals surface area (Å²) >= 11 is 0. The number of ether oxygens (including phenoxy) is 1. The van der Waals surface area contributed by atoms with E-state index in [9.17, 15) is 4.79 Å². The Morgan fingerprint density at radius 3 is 2.14 bits per heavy atom. The van der Waals surface area contributed by atoms with Gasteiger partial charge in [-0.05, 0) is 61.1 Å². The van der Waals surface area contributed by atoms with Gasteiger partial charge in [0.2, 0.25) is 0 Å². The number of fused-ring (bicyclic) bond motifs is 1. The molecule has 1 N–H and O–H groups in total. The van der Waals surface area contributed by atoms with E-state index in [-0.39, 0.29) is 11.0 Å². The second-order valence-corrected chi connectivity index (χ2v) is 15.4. The molecule has 0 unspecified atom stereocenters. The molecule has 0 saturated heterocycles. The number of benzene rings is 2. The van der Waals surface area contributed by atoms with E-state index in [1.165, 1.54) is 16.3 Å². The molecule has 0 spiro atoms. The van der Waals surface area contributed by atoms with Crippen LogP contribution >= 0.6 is 0 Å². The summed E-state index contributed by atoms with van der Waals surface area (Å²) in [6.07, 6.45) is 3.19. The van der Waals surface area contributed by atoms with Crippen LogP contribution < -0.4 is 4.74 Å². The van der Waals surface area contributed by atoms with Crippen molar-refractivity contribution in [1.29, 1.82) is 0 Å². The Labute approximate surface area is 175 Å². The lowest BCUT2D eigenvalue weighted by Gasteiger charge is -2.42. The van der Waals surface area contributed by atoms with Gasteiger partial charge in [-0.1, -0.05) is 63.0 Å². The summed E-state index contributed by atoms with van der Waals surface area (Å²) in [6, 6.07) is 13.7. The summed E-state index contributed by atoms with van der Waals surface area (Å²) < 4.78 is 6.27. The fourth-order valence-corrected chi connectivity index (χ4v) is 6.05. The lowest BCUT2D eigenvalue weighted by Crippen LogP contribution is -2.41. The molecule has 0 radical (unpaired) electrons. The van der Waals surface area contributed by atoms with E-state index in [0.29, 0.717) is 5.56 Å². The van der Waals surface area contributed by atoms with Crippen LogP contribution in [-0.2, 0) is 5.41 Å². The molecule has 0 amide bonds. The van der Waals surface area contributed by atoms with E-state index in [2.05, 4.69) is 71.6 Å². The fourth-order valence-electron chi connectivity index (χ4n) is 4.43. The first kappa shape index (κ1) is 21.4. The molecule has 3 rings (SSSR count). The van der Waals surface area contributed by atoms with E-state index in [1.54, 1.807) is 12.1 Å². The van der Waals surface area contributed by atoms with Crippen molar-refractivity contribution in [3.05, 3.63) is 64.7 Å². The molecule has 0 bridgehead atoms. The third-order valence-electron chi connectivity index (χ3n) is 5.55. The summed E-state index contributed by atoms with van der Waals surface area (Å²) in [5.74, 6) is 0.0847. The van der Waals surface area contributed by atoms with Gasteiger partial charge in [-0.15, -0.1) is 0 Å². The molecule has 4 heteroatoms. The number of hydrogen-bond acceptors (Lipinski definition) is 2. The molecular formula is C25H32O3Si. The van der Waals surface area contributed by atoms with E-state index in [4.69, 9.17) is 9.84 Å². The molecule has 2 aromatic carbocycles. The predicted octanol–water partition coefficient (Wildman–Crippen LogP) is 6.64. The highest BCUT2D eigenvalue weighted by atomic mass is 28.3. The molecule has 0 saturated carbocycles. The normalized spacial score (nSPS) is 18.0. The van der Waals surface area contributed by atoms with Crippen LogP contribution in [0.2, 0.25) is 19.6 Å². The van der Waals surface area contributed by atoms with Crippen molar-refractivity contribution in [2.45, 2.75) is 64.8 Å². The largest absolute Gasteiger partial charge is 0.488 e. The number of hydrogen-bond donors (Lipinski definition) is 1. The summed E-state index contributed by atoms with van der Waals surface area (Å²) in [5, 5.41) is 10.5. The van der Waals surface area contributed by atoms with Crippen LogP contribution in [0.4, 0.5) is 0 Å². The monoisotopic (exact) mass is 408 g/mol. The lowest BCUT2D eigenvalue weighted by atomic mass is 9.73. The van der Waals surface area contributed by atoms with Gasteiger partial charge < -0.3 is 9.84 Å². The minimum atomic E-state index is -1.66. The van der Waals surface area contributed by atoms with Crippen LogP contribution in [0.1, 0.15) is 61.2 Å². The van der Waals surface area contributed by atoms with Crippen LogP contribution in [0, 0.1) is 0 Å². The van der Waals surface area contributed by atoms with Crippen molar-refractivity contribution in [2.24, 2.45) is 0 Å². The number of aromatic carboxylic acids is 1. The topological polar surface area (TPSA) is 46.5 Å². The van der Waals surface area contributed by atoms with Crippen molar-refractivity contribution in [2.75, 3.05) is 0 Å². The van der Waals surface area contributed by atoms with Gasteiger partial charge in [-0.25, -0.2) is 4.79 Å². The van der Waals surface area contributed by atoms with Gasteiger partial charge >= 0.3 is 5.97 Å². The molecule has 1 aliphatic heterocycles.